The molecule has 0 saturated carbocycles. The Morgan fingerprint density at radius 2 is 1.84 bits per heavy atom. The number of benzene rings is 1. The van der Waals surface area contributed by atoms with Gasteiger partial charge < -0.3 is 9.64 Å². The van der Waals surface area contributed by atoms with Crippen molar-refractivity contribution in [3.8, 4) is 5.75 Å². The molecule has 138 valence electrons. The summed E-state index contributed by atoms with van der Waals surface area (Å²) in [7, 11) is -0.117. The summed E-state index contributed by atoms with van der Waals surface area (Å²) in [5.41, 5.74) is 0.772. The second-order valence-electron chi connectivity index (χ2n) is 5.32. The molecule has 0 aromatic heterocycles. The van der Waals surface area contributed by atoms with Crippen molar-refractivity contribution in [2.75, 3.05) is 27.2 Å². The van der Waals surface area contributed by atoms with E-state index in [1.54, 1.807) is 24.0 Å². The van der Waals surface area contributed by atoms with Gasteiger partial charge in [-0.25, -0.2) is 5.01 Å². The summed E-state index contributed by atoms with van der Waals surface area (Å²) in [6, 6.07) is 4.83. The van der Waals surface area contributed by atoms with Crippen molar-refractivity contribution in [2.24, 2.45) is 4.47 Å². The Balaban J connectivity index is 3.28. The molecule has 0 radical (unpaired) electrons. The predicted molar refractivity (Wildman–Crippen MR) is 92.8 cm³/mol. The lowest BCUT2D eigenvalue weighted by molar-refractivity contribution is -0.132. The number of carbonyl (C=O) groups excluding carboxylic acids is 2. The Morgan fingerprint density at radius 1 is 1.24 bits per heavy atom. The van der Waals surface area contributed by atoms with E-state index in [0.29, 0.717) is 23.7 Å². The molecule has 0 heterocycles. The third-order valence-electron chi connectivity index (χ3n) is 3.88. The number of hydrogen-bond donors (Lipinski definition) is 0. The van der Waals surface area contributed by atoms with Gasteiger partial charge in [0, 0.05) is 20.1 Å². The molecular weight excluding hydrogens is 346 g/mol. The van der Waals surface area contributed by atoms with E-state index in [9.17, 15) is 18.0 Å². The van der Waals surface area contributed by atoms with E-state index in [2.05, 4.69) is 4.47 Å². The molecule has 8 nitrogen and oxygen atoms in total. The zero-order valence-electron chi connectivity index (χ0n) is 15.0. The molecule has 0 aliphatic rings. The van der Waals surface area contributed by atoms with E-state index in [0.717, 1.165) is 0 Å². The van der Waals surface area contributed by atoms with Gasteiger partial charge >= 0.3 is 10.5 Å². The first-order chi connectivity index (χ1) is 11.8. The lowest BCUT2D eigenvalue weighted by atomic mass is 9.96. The summed E-state index contributed by atoms with van der Waals surface area (Å²) in [4.78, 5) is 26.7. The average Bonchev–Trinajstić information content (AvgIpc) is 2.60. The van der Waals surface area contributed by atoms with E-state index in [1.165, 1.54) is 20.2 Å². The molecule has 1 aromatic rings. The minimum absolute atomic E-state index is 0.0488. The number of amides is 2. The molecule has 0 bridgehead atoms. The van der Waals surface area contributed by atoms with Crippen LogP contribution in [0.4, 0.5) is 0 Å². The zero-order valence-corrected chi connectivity index (χ0v) is 15.8. The van der Waals surface area contributed by atoms with Crippen molar-refractivity contribution in [2.45, 2.75) is 26.7 Å². The number of carbonyl (C=O) groups is 2. The maximum atomic E-state index is 12.5. The summed E-state index contributed by atoms with van der Waals surface area (Å²) in [5.74, 6) is -0.874. The molecule has 2 amide bonds. The predicted octanol–water partition coefficient (Wildman–Crippen LogP) is 1.72. The maximum Gasteiger partial charge on any atom is 0.333 e. The van der Waals surface area contributed by atoms with Crippen LogP contribution in [0.2, 0.25) is 0 Å². The molecule has 0 N–H and O–H groups in total. The van der Waals surface area contributed by atoms with Gasteiger partial charge in [-0.15, -0.1) is 0 Å². The van der Waals surface area contributed by atoms with E-state index in [4.69, 9.17) is 4.74 Å². The largest absolute Gasteiger partial charge is 0.496 e. The van der Waals surface area contributed by atoms with Crippen molar-refractivity contribution in [1.29, 1.82) is 0 Å². The molecule has 1 atom stereocenters. The summed E-state index contributed by atoms with van der Waals surface area (Å²) in [6.07, 6.45) is 0. The molecule has 0 saturated heterocycles. The van der Waals surface area contributed by atoms with Crippen LogP contribution in [-0.2, 0) is 15.3 Å². The Morgan fingerprint density at radius 3 is 2.32 bits per heavy atom. The average molecular weight is 369 g/mol. The van der Waals surface area contributed by atoms with Gasteiger partial charge in [0.05, 0.1) is 18.6 Å². The Hall–Kier alpha value is -2.42. The van der Waals surface area contributed by atoms with Gasteiger partial charge in [-0.2, -0.15) is 8.42 Å². The SMILES string of the molecule is CCN(CC)C(=O)C(C)c1ccc(OC)c(C(=O)N(C)N=S(=O)=O)c1. The minimum atomic E-state index is -2.75. The summed E-state index contributed by atoms with van der Waals surface area (Å²) in [5, 5.41) is 0.710. The van der Waals surface area contributed by atoms with Gasteiger partial charge in [0.2, 0.25) is 5.91 Å². The van der Waals surface area contributed by atoms with Gasteiger partial charge in [0.1, 0.15) is 5.75 Å². The van der Waals surface area contributed by atoms with Crippen LogP contribution in [0, 0.1) is 0 Å². The molecule has 1 aromatic carbocycles. The maximum absolute atomic E-state index is 12.5. The fourth-order valence-corrected chi connectivity index (χ4v) is 2.70. The van der Waals surface area contributed by atoms with Crippen LogP contribution in [0.25, 0.3) is 0 Å². The van der Waals surface area contributed by atoms with Crippen LogP contribution in [0.15, 0.2) is 22.7 Å². The lowest BCUT2D eigenvalue weighted by Crippen LogP contribution is -2.34. The van der Waals surface area contributed by atoms with Gasteiger partial charge in [0.15, 0.2) is 0 Å². The number of nitrogens with zero attached hydrogens (tertiary/aromatic N) is 3. The fourth-order valence-electron chi connectivity index (χ4n) is 2.43. The smallest absolute Gasteiger partial charge is 0.333 e. The molecule has 1 rings (SSSR count). The molecule has 0 spiro atoms. The molecule has 25 heavy (non-hydrogen) atoms. The first-order valence-electron chi connectivity index (χ1n) is 7.82. The monoisotopic (exact) mass is 369 g/mol. The topological polar surface area (TPSA) is 96.3 Å². The minimum Gasteiger partial charge on any atom is -0.496 e. The van der Waals surface area contributed by atoms with Crippen molar-refractivity contribution < 1.29 is 22.7 Å². The quantitative estimate of drug-likeness (QED) is 0.682. The normalized spacial score (nSPS) is 11.4. The summed E-state index contributed by atoms with van der Waals surface area (Å²) < 4.78 is 29.7. The number of likely N-dealkylation sites (N-methyl/N-ethyl adjacent to an activating group) is 1. The van der Waals surface area contributed by atoms with E-state index >= 15 is 0 Å². The highest BCUT2D eigenvalue weighted by Crippen LogP contribution is 2.26. The van der Waals surface area contributed by atoms with Crippen LogP contribution in [0.5, 0.6) is 5.75 Å². The fraction of sp³-hybridized carbons (Fsp3) is 0.500. The highest BCUT2D eigenvalue weighted by atomic mass is 32.2. The second-order valence-corrected chi connectivity index (χ2v) is 5.92. The summed E-state index contributed by atoms with van der Waals surface area (Å²) in [6.45, 7) is 6.75. The van der Waals surface area contributed by atoms with E-state index in [1.807, 2.05) is 13.8 Å². The highest BCUT2D eigenvalue weighted by molar-refractivity contribution is 7.61. The van der Waals surface area contributed by atoms with Crippen LogP contribution in [0.3, 0.4) is 0 Å². The number of methoxy groups -OCH3 is 1. The van der Waals surface area contributed by atoms with Gasteiger partial charge in [0.25, 0.3) is 5.91 Å². The van der Waals surface area contributed by atoms with Crippen molar-refractivity contribution >= 4 is 22.3 Å². The Labute approximate surface area is 149 Å². The standard InChI is InChI=1S/C16H23N3O5S/c1-6-19(7-2)15(20)11(3)12-8-9-14(24-5)13(10-12)16(21)18(4)17-25(22)23/h8-11H,6-7H2,1-5H3. The molecule has 0 aliphatic heterocycles. The van der Waals surface area contributed by atoms with Crippen LogP contribution in [0.1, 0.15) is 42.6 Å². The Kier molecular flexibility index (Phi) is 7.56. The van der Waals surface area contributed by atoms with Crippen LogP contribution < -0.4 is 4.74 Å². The third kappa shape index (κ3) is 5.02. The van der Waals surface area contributed by atoms with Crippen molar-refractivity contribution in [3.63, 3.8) is 0 Å². The zero-order chi connectivity index (χ0) is 19.1. The van der Waals surface area contributed by atoms with Gasteiger partial charge in [-0.3, -0.25) is 9.59 Å². The first-order valence-corrected chi connectivity index (χ1v) is 8.85. The number of ether oxygens (including phenoxy) is 1. The third-order valence-corrected chi connectivity index (χ3v) is 4.26. The van der Waals surface area contributed by atoms with Crippen molar-refractivity contribution in [3.05, 3.63) is 29.3 Å². The Bertz CT molecular complexity index is 764. The number of hydrogen-bond acceptors (Lipinski definition) is 6. The molecule has 0 fully saturated rings. The number of rotatable bonds is 7. The second kappa shape index (κ2) is 9.16. The first kappa shape index (κ1) is 20.6. The van der Waals surface area contributed by atoms with Crippen LogP contribution in [-0.4, -0.2) is 57.4 Å². The van der Waals surface area contributed by atoms with Crippen LogP contribution >= 0.6 is 0 Å². The molecule has 1 unspecified atom stereocenters. The molecule has 0 aliphatic carbocycles. The van der Waals surface area contributed by atoms with Gasteiger partial charge in [-0.05, 0) is 42.9 Å². The lowest BCUT2D eigenvalue weighted by Gasteiger charge is -2.23. The molecular formula is C16H23N3O5S. The molecule has 9 heteroatoms. The highest BCUT2D eigenvalue weighted by Gasteiger charge is 2.23. The van der Waals surface area contributed by atoms with E-state index < -0.39 is 22.3 Å². The van der Waals surface area contributed by atoms with E-state index in [-0.39, 0.29) is 17.2 Å². The van der Waals surface area contributed by atoms with Crippen molar-refractivity contribution in [1.82, 2.24) is 9.91 Å². The summed E-state index contributed by atoms with van der Waals surface area (Å²) >= 11 is 0. The van der Waals surface area contributed by atoms with Gasteiger partial charge in [-0.1, -0.05) is 6.07 Å².